The molecule has 0 spiro atoms. The molecule has 0 radical (unpaired) electrons. The molecule has 0 saturated heterocycles. The van der Waals surface area contributed by atoms with Gasteiger partial charge in [-0.2, -0.15) is 0 Å². The summed E-state index contributed by atoms with van der Waals surface area (Å²) in [6.45, 7) is 4.71. The zero-order valence-electron chi connectivity index (χ0n) is 28.5. The fraction of sp³-hybridized carbons (Fsp3) is 0.0638. The molecule has 4 heteroatoms. The number of benzene rings is 6. The molecule has 3 aromatic heterocycles. The van der Waals surface area contributed by atoms with E-state index in [0.29, 0.717) is 0 Å². The molecule has 1 aliphatic heterocycles. The number of fused-ring (bicyclic) bond motifs is 5. The minimum Gasteiger partial charge on any atom is -0.321 e. The zero-order valence-corrected chi connectivity index (χ0v) is 28.5. The van der Waals surface area contributed by atoms with Gasteiger partial charge in [-0.15, -0.1) is 0 Å². The topological polar surface area (TPSA) is 35.6 Å². The summed E-state index contributed by atoms with van der Waals surface area (Å²) in [6, 6.07) is 55.8. The number of aromatic nitrogens is 4. The first-order valence-electron chi connectivity index (χ1n) is 17.5. The summed E-state index contributed by atoms with van der Waals surface area (Å²) in [5.41, 5.74) is 14.7. The minimum absolute atomic E-state index is 0.148. The predicted molar refractivity (Wildman–Crippen MR) is 210 cm³/mol. The zero-order chi connectivity index (χ0) is 34.1. The van der Waals surface area contributed by atoms with Gasteiger partial charge in [-0.1, -0.05) is 135 Å². The van der Waals surface area contributed by atoms with Crippen LogP contribution in [0.5, 0.6) is 0 Å². The van der Waals surface area contributed by atoms with E-state index >= 15 is 0 Å². The molecule has 242 valence electrons. The first-order chi connectivity index (χ1) is 25.0. The lowest BCUT2D eigenvalue weighted by Gasteiger charge is -2.32. The van der Waals surface area contributed by atoms with Crippen LogP contribution < -0.4 is 0 Å². The van der Waals surface area contributed by atoms with Crippen molar-refractivity contribution in [2.75, 3.05) is 0 Å². The van der Waals surface area contributed by atoms with E-state index in [1.54, 1.807) is 0 Å². The molecule has 0 saturated carbocycles. The van der Waals surface area contributed by atoms with E-state index in [2.05, 4.69) is 169 Å². The lowest BCUT2D eigenvalue weighted by atomic mass is 9.76. The van der Waals surface area contributed by atoms with Gasteiger partial charge in [0.2, 0.25) is 0 Å². The third-order valence-corrected chi connectivity index (χ3v) is 10.6. The Kier molecular flexibility index (Phi) is 6.49. The molecule has 51 heavy (non-hydrogen) atoms. The molecular formula is C47H34N4. The molecule has 4 heterocycles. The van der Waals surface area contributed by atoms with Crippen LogP contribution in [-0.4, -0.2) is 19.1 Å². The molecule has 9 aromatic rings. The molecule has 0 aliphatic carbocycles. The van der Waals surface area contributed by atoms with Crippen LogP contribution in [0.2, 0.25) is 0 Å². The quantitative estimate of drug-likeness (QED) is 0.185. The van der Waals surface area contributed by atoms with Crippen LogP contribution in [0.25, 0.3) is 78.2 Å². The van der Waals surface area contributed by atoms with Gasteiger partial charge in [-0.05, 0) is 53.1 Å². The largest absolute Gasteiger partial charge is 0.321 e. The van der Waals surface area contributed by atoms with E-state index in [0.717, 1.165) is 45.2 Å². The van der Waals surface area contributed by atoms with Gasteiger partial charge in [0.15, 0.2) is 5.82 Å². The number of para-hydroxylation sites is 2. The molecular weight excluding hydrogens is 621 g/mol. The average molecular weight is 655 g/mol. The smallest absolute Gasteiger partial charge is 0.160 e. The molecule has 0 unspecified atom stereocenters. The molecule has 10 rings (SSSR count). The molecule has 4 nitrogen and oxygen atoms in total. The molecule has 0 fully saturated rings. The van der Waals surface area contributed by atoms with Crippen LogP contribution >= 0.6 is 0 Å². The van der Waals surface area contributed by atoms with E-state index in [9.17, 15) is 0 Å². The van der Waals surface area contributed by atoms with Crippen LogP contribution in [0.15, 0.2) is 170 Å². The Labute approximate surface area is 297 Å². The second-order valence-corrected chi connectivity index (χ2v) is 14.0. The van der Waals surface area contributed by atoms with E-state index in [-0.39, 0.29) is 5.41 Å². The van der Waals surface area contributed by atoms with Gasteiger partial charge >= 0.3 is 0 Å². The summed E-state index contributed by atoms with van der Waals surface area (Å²) in [5.74, 6) is 0.719. The van der Waals surface area contributed by atoms with Crippen molar-refractivity contribution in [1.82, 2.24) is 19.1 Å². The van der Waals surface area contributed by atoms with Gasteiger partial charge in [0.05, 0.1) is 28.1 Å². The van der Waals surface area contributed by atoms with E-state index in [4.69, 9.17) is 9.97 Å². The summed E-state index contributed by atoms with van der Waals surface area (Å²) < 4.78 is 4.76. The molecule has 6 aromatic carbocycles. The predicted octanol–water partition coefficient (Wildman–Crippen LogP) is 11.7. The third-order valence-electron chi connectivity index (χ3n) is 10.6. The van der Waals surface area contributed by atoms with Gasteiger partial charge in [0.1, 0.15) is 0 Å². The van der Waals surface area contributed by atoms with Crippen molar-refractivity contribution < 1.29 is 0 Å². The monoisotopic (exact) mass is 654 g/mol. The summed E-state index contributed by atoms with van der Waals surface area (Å²) in [7, 11) is 0. The Morgan fingerprint density at radius 3 is 1.86 bits per heavy atom. The van der Waals surface area contributed by atoms with Crippen LogP contribution in [0.1, 0.15) is 25.0 Å². The highest BCUT2D eigenvalue weighted by Crippen LogP contribution is 2.48. The van der Waals surface area contributed by atoms with Crippen LogP contribution in [0.4, 0.5) is 0 Å². The van der Waals surface area contributed by atoms with Crippen molar-refractivity contribution in [2.24, 2.45) is 0 Å². The van der Waals surface area contributed by atoms with E-state index in [1.807, 2.05) is 24.3 Å². The Bertz CT molecular complexity index is 2700. The normalized spacial score (nSPS) is 13.1. The maximum atomic E-state index is 5.10. The van der Waals surface area contributed by atoms with E-state index < -0.39 is 0 Å². The first kappa shape index (κ1) is 29.4. The fourth-order valence-corrected chi connectivity index (χ4v) is 7.93. The van der Waals surface area contributed by atoms with E-state index in [1.165, 1.54) is 44.2 Å². The molecule has 0 amide bonds. The summed E-state index contributed by atoms with van der Waals surface area (Å²) in [6.07, 6.45) is 4.62. The van der Waals surface area contributed by atoms with Crippen molar-refractivity contribution >= 4 is 21.8 Å². The maximum absolute atomic E-state index is 5.10. The SMILES string of the molecule is CC1(C)c2cn(-c3ccccc3)cc2-n2c3ccc(-c4cccc(-c5cc(-c6ccccc6)nc(-c6ccccc6)n5)c4)cc3c3cccc1c32. The maximum Gasteiger partial charge on any atom is 0.160 e. The highest BCUT2D eigenvalue weighted by Gasteiger charge is 2.36. The van der Waals surface area contributed by atoms with Crippen molar-refractivity contribution in [3.63, 3.8) is 0 Å². The van der Waals surface area contributed by atoms with Crippen LogP contribution in [-0.2, 0) is 5.41 Å². The van der Waals surface area contributed by atoms with Crippen LogP contribution in [0, 0.1) is 0 Å². The highest BCUT2D eigenvalue weighted by molar-refractivity contribution is 6.12. The number of rotatable bonds is 5. The molecule has 0 atom stereocenters. The second-order valence-electron chi connectivity index (χ2n) is 14.0. The molecule has 0 N–H and O–H groups in total. The lowest BCUT2D eigenvalue weighted by Crippen LogP contribution is -2.24. The number of nitrogens with zero attached hydrogens (tertiary/aromatic N) is 4. The van der Waals surface area contributed by atoms with Crippen molar-refractivity contribution in [1.29, 1.82) is 0 Å². The standard InChI is InChI=1S/C47H34N4/c1-47(2)39-23-13-22-37-38-27-34(24-25-43(38)51(45(37)39)44-30-50(29-40(44)47)36-20-10-5-11-21-36)33-18-12-19-35(26-33)42-28-41(31-14-6-3-7-15-31)48-46(49-42)32-16-8-4-9-17-32/h3-30H,1-2H3. The summed E-state index contributed by atoms with van der Waals surface area (Å²) in [5, 5.41) is 2.54. The Morgan fingerprint density at radius 1 is 0.471 bits per heavy atom. The molecule has 0 bridgehead atoms. The summed E-state index contributed by atoms with van der Waals surface area (Å²) >= 11 is 0. The second kappa shape index (κ2) is 11.3. The van der Waals surface area contributed by atoms with Gasteiger partial charge < -0.3 is 9.13 Å². The van der Waals surface area contributed by atoms with Crippen molar-refractivity contribution in [3.8, 4) is 56.4 Å². The van der Waals surface area contributed by atoms with Crippen molar-refractivity contribution in [2.45, 2.75) is 19.3 Å². The average Bonchev–Trinajstić information content (AvgIpc) is 3.79. The lowest BCUT2D eigenvalue weighted by molar-refractivity contribution is 0.631. The number of hydrogen-bond donors (Lipinski definition) is 0. The third kappa shape index (κ3) is 4.68. The minimum atomic E-state index is -0.148. The Morgan fingerprint density at radius 2 is 1.10 bits per heavy atom. The highest BCUT2D eigenvalue weighted by atomic mass is 15.1. The molecule has 1 aliphatic rings. The Balaban J connectivity index is 1.12. The fourth-order valence-electron chi connectivity index (χ4n) is 7.93. The van der Waals surface area contributed by atoms with Crippen LogP contribution in [0.3, 0.4) is 0 Å². The Hall–Kier alpha value is -6.52. The number of hydrogen-bond acceptors (Lipinski definition) is 2. The summed E-state index contributed by atoms with van der Waals surface area (Å²) in [4.78, 5) is 10.1. The van der Waals surface area contributed by atoms with Gasteiger partial charge in [-0.25, -0.2) is 9.97 Å². The van der Waals surface area contributed by atoms with Gasteiger partial charge in [0.25, 0.3) is 0 Å². The van der Waals surface area contributed by atoms with Gasteiger partial charge in [-0.3, -0.25) is 0 Å². The first-order valence-corrected chi connectivity index (χ1v) is 17.5. The van der Waals surface area contributed by atoms with Crippen molar-refractivity contribution in [3.05, 3.63) is 181 Å². The van der Waals surface area contributed by atoms with Gasteiger partial charge in [0, 0.05) is 56.5 Å².